The van der Waals surface area contributed by atoms with E-state index in [4.69, 9.17) is 14.8 Å². The minimum Gasteiger partial charge on any atom is -0.450 e. The lowest BCUT2D eigenvalue weighted by Gasteiger charge is -2.33. The zero-order chi connectivity index (χ0) is 22.8. The quantitative estimate of drug-likeness (QED) is 0.577. The number of aromatic nitrogens is 2. The van der Waals surface area contributed by atoms with Gasteiger partial charge in [-0.05, 0) is 49.6 Å². The number of fused-ring (bicyclic) bond motifs is 1. The molecule has 174 valence electrons. The van der Waals surface area contributed by atoms with E-state index in [0.717, 1.165) is 75.4 Å². The van der Waals surface area contributed by atoms with Gasteiger partial charge in [-0.15, -0.1) is 0 Å². The Morgan fingerprint density at radius 1 is 1.03 bits per heavy atom. The van der Waals surface area contributed by atoms with Crippen LogP contribution in [0.1, 0.15) is 42.7 Å². The van der Waals surface area contributed by atoms with E-state index in [1.807, 2.05) is 6.07 Å². The number of rotatable bonds is 5. The Bertz CT molecular complexity index is 1100. The van der Waals surface area contributed by atoms with Crippen molar-refractivity contribution in [3.05, 3.63) is 59.7 Å². The standard InChI is InChI=1S/C26H32N4O3/c1-28-14-16-29(17-15-28)25-27-22-7-3-4-8-23(22)30(25)18-19-10-12-20(13-11-19)21-6-2-5-9-24(21)33-26(31)32/h3-4,7-8,10-13,21,24H,2,5-6,9,14-18H2,1H3,(H,31,32)/t21-,24-/m1/s1. The molecule has 1 aliphatic carbocycles. The summed E-state index contributed by atoms with van der Waals surface area (Å²) in [5, 5.41) is 9.12. The van der Waals surface area contributed by atoms with Crippen LogP contribution in [-0.2, 0) is 11.3 Å². The summed E-state index contributed by atoms with van der Waals surface area (Å²) >= 11 is 0. The van der Waals surface area contributed by atoms with Crippen LogP contribution in [0, 0.1) is 0 Å². The van der Waals surface area contributed by atoms with Gasteiger partial charge in [-0.1, -0.05) is 42.8 Å². The molecule has 0 unspecified atom stereocenters. The molecular formula is C26H32N4O3. The number of anilines is 1. The molecule has 5 rings (SSSR count). The second-order valence-electron chi connectivity index (χ2n) is 9.33. The van der Waals surface area contributed by atoms with Gasteiger partial charge in [0, 0.05) is 32.1 Å². The topological polar surface area (TPSA) is 70.8 Å². The van der Waals surface area contributed by atoms with Crippen molar-refractivity contribution in [2.75, 3.05) is 38.1 Å². The first kappa shape index (κ1) is 21.8. The molecule has 0 radical (unpaired) electrons. The summed E-state index contributed by atoms with van der Waals surface area (Å²) in [6.07, 6.45) is 2.48. The largest absolute Gasteiger partial charge is 0.506 e. The van der Waals surface area contributed by atoms with E-state index in [2.05, 4.69) is 63.9 Å². The van der Waals surface area contributed by atoms with Gasteiger partial charge in [0.2, 0.25) is 5.95 Å². The number of nitrogens with zero attached hydrogens (tertiary/aromatic N) is 4. The maximum atomic E-state index is 11.1. The van der Waals surface area contributed by atoms with E-state index in [1.165, 1.54) is 11.1 Å². The zero-order valence-electron chi connectivity index (χ0n) is 19.2. The van der Waals surface area contributed by atoms with Crippen LogP contribution in [0.15, 0.2) is 48.5 Å². The third-order valence-electron chi connectivity index (χ3n) is 7.12. The fraction of sp³-hybridized carbons (Fsp3) is 0.462. The van der Waals surface area contributed by atoms with Crippen LogP contribution >= 0.6 is 0 Å². The average Bonchev–Trinajstić information content (AvgIpc) is 3.18. The first-order chi connectivity index (χ1) is 16.1. The summed E-state index contributed by atoms with van der Waals surface area (Å²) in [5.41, 5.74) is 4.56. The van der Waals surface area contributed by atoms with Crippen molar-refractivity contribution in [1.82, 2.24) is 14.5 Å². The van der Waals surface area contributed by atoms with Gasteiger partial charge < -0.3 is 24.2 Å². The fourth-order valence-corrected chi connectivity index (χ4v) is 5.27. The first-order valence-corrected chi connectivity index (χ1v) is 12.0. The molecule has 2 atom stereocenters. The molecular weight excluding hydrogens is 416 g/mol. The number of imidazole rings is 1. The molecule has 7 heteroatoms. The van der Waals surface area contributed by atoms with Gasteiger partial charge in [-0.3, -0.25) is 0 Å². The van der Waals surface area contributed by atoms with Gasteiger partial charge in [0.05, 0.1) is 17.6 Å². The predicted octanol–water partition coefficient (Wildman–Crippen LogP) is 4.56. The Kier molecular flexibility index (Phi) is 6.22. The molecule has 1 saturated heterocycles. The molecule has 2 aliphatic rings. The molecule has 1 saturated carbocycles. The van der Waals surface area contributed by atoms with Crippen molar-refractivity contribution in [3.63, 3.8) is 0 Å². The van der Waals surface area contributed by atoms with E-state index in [0.29, 0.717) is 0 Å². The van der Waals surface area contributed by atoms with E-state index in [9.17, 15) is 4.79 Å². The number of likely N-dealkylation sites (N-methyl/N-ethyl adjacent to an activating group) is 1. The summed E-state index contributed by atoms with van der Waals surface area (Å²) < 4.78 is 7.53. The third kappa shape index (κ3) is 4.69. The Morgan fingerprint density at radius 2 is 1.76 bits per heavy atom. The summed E-state index contributed by atoms with van der Waals surface area (Å²) in [7, 11) is 2.17. The molecule has 33 heavy (non-hydrogen) atoms. The molecule has 2 fully saturated rings. The van der Waals surface area contributed by atoms with Gasteiger partial charge in [-0.25, -0.2) is 9.78 Å². The smallest absolute Gasteiger partial charge is 0.450 e. The highest BCUT2D eigenvalue weighted by Crippen LogP contribution is 2.35. The monoisotopic (exact) mass is 448 g/mol. The number of ether oxygens (including phenoxy) is 1. The Morgan fingerprint density at radius 3 is 2.52 bits per heavy atom. The van der Waals surface area contributed by atoms with Crippen LogP contribution in [0.5, 0.6) is 0 Å². The molecule has 0 bridgehead atoms. The van der Waals surface area contributed by atoms with Gasteiger partial charge in [-0.2, -0.15) is 0 Å². The Balaban J connectivity index is 1.39. The summed E-state index contributed by atoms with van der Waals surface area (Å²) in [6, 6.07) is 17.0. The van der Waals surface area contributed by atoms with Gasteiger partial charge >= 0.3 is 6.16 Å². The molecule has 1 N–H and O–H groups in total. The number of benzene rings is 2. The molecule has 2 aromatic carbocycles. The van der Waals surface area contributed by atoms with Gasteiger partial charge in [0.1, 0.15) is 6.10 Å². The van der Waals surface area contributed by atoms with Crippen LogP contribution in [0.4, 0.5) is 10.7 Å². The summed E-state index contributed by atoms with van der Waals surface area (Å²) in [6.45, 7) is 4.79. The lowest BCUT2D eigenvalue weighted by Crippen LogP contribution is -2.45. The van der Waals surface area contributed by atoms with Crippen molar-refractivity contribution in [2.24, 2.45) is 0 Å². The summed E-state index contributed by atoms with van der Waals surface area (Å²) in [4.78, 5) is 20.9. The second kappa shape index (κ2) is 9.43. The first-order valence-electron chi connectivity index (χ1n) is 12.0. The van der Waals surface area contributed by atoms with Crippen molar-refractivity contribution in [2.45, 2.75) is 44.2 Å². The van der Waals surface area contributed by atoms with Gasteiger partial charge in [0.15, 0.2) is 0 Å². The van der Waals surface area contributed by atoms with Crippen molar-refractivity contribution in [1.29, 1.82) is 0 Å². The third-order valence-corrected chi connectivity index (χ3v) is 7.12. The minimum absolute atomic E-state index is 0.138. The lowest BCUT2D eigenvalue weighted by molar-refractivity contribution is 0.0249. The Labute approximate surface area is 194 Å². The molecule has 2 heterocycles. The average molecular weight is 449 g/mol. The van der Waals surface area contributed by atoms with E-state index in [-0.39, 0.29) is 12.0 Å². The number of hydrogen-bond acceptors (Lipinski definition) is 5. The number of hydrogen-bond donors (Lipinski definition) is 1. The maximum absolute atomic E-state index is 11.1. The zero-order valence-corrected chi connectivity index (χ0v) is 19.2. The van der Waals surface area contributed by atoms with Crippen LogP contribution in [0.25, 0.3) is 11.0 Å². The maximum Gasteiger partial charge on any atom is 0.506 e. The minimum atomic E-state index is -1.17. The second-order valence-corrected chi connectivity index (χ2v) is 9.33. The highest BCUT2D eigenvalue weighted by Gasteiger charge is 2.29. The van der Waals surface area contributed by atoms with Crippen molar-refractivity contribution >= 4 is 23.1 Å². The van der Waals surface area contributed by atoms with Crippen LogP contribution in [0.3, 0.4) is 0 Å². The number of piperazine rings is 1. The van der Waals surface area contributed by atoms with Crippen LogP contribution in [0.2, 0.25) is 0 Å². The molecule has 7 nitrogen and oxygen atoms in total. The molecule has 1 aliphatic heterocycles. The predicted molar refractivity (Wildman–Crippen MR) is 129 cm³/mol. The molecule has 0 spiro atoms. The number of carbonyl (C=O) groups is 1. The van der Waals surface area contributed by atoms with E-state index in [1.54, 1.807) is 0 Å². The lowest BCUT2D eigenvalue weighted by atomic mass is 9.81. The van der Waals surface area contributed by atoms with E-state index < -0.39 is 6.16 Å². The molecule has 3 aromatic rings. The normalized spacial score (nSPS) is 21.9. The number of carboxylic acid groups (broad SMARTS) is 1. The van der Waals surface area contributed by atoms with Crippen molar-refractivity contribution in [3.8, 4) is 0 Å². The Hall–Kier alpha value is -3.06. The molecule has 0 amide bonds. The highest BCUT2D eigenvalue weighted by molar-refractivity contribution is 5.79. The van der Waals surface area contributed by atoms with Crippen LogP contribution < -0.4 is 4.90 Å². The molecule has 1 aromatic heterocycles. The van der Waals surface area contributed by atoms with Crippen LogP contribution in [-0.4, -0.2) is 65.0 Å². The van der Waals surface area contributed by atoms with E-state index >= 15 is 0 Å². The summed E-state index contributed by atoms with van der Waals surface area (Å²) in [5.74, 6) is 1.18. The van der Waals surface area contributed by atoms with Gasteiger partial charge in [0.25, 0.3) is 0 Å². The highest BCUT2D eigenvalue weighted by atomic mass is 16.7. The number of para-hydroxylation sites is 2. The SMILES string of the molecule is CN1CCN(c2nc3ccccc3n2Cc2ccc([C@H]3CCCC[C@H]3OC(=O)O)cc2)CC1. The van der Waals surface area contributed by atoms with Crippen molar-refractivity contribution < 1.29 is 14.6 Å². The fourth-order valence-electron chi connectivity index (χ4n) is 5.27.